The molecule has 0 unspecified atom stereocenters. The average molecular weight is 255 g/mol. The Hall–Kier alpha value is -1.12. The minimum absolute atomic E-state index is 0.681. The second-order valence-corrected chi connectivity index (χ2v) is 4.51. The fourth-order valence-electron chi connectivity index (χ4n) is 1.50. The van der Waals surface area contributed by atoms with E-state index in [1.54, 1.807) is 12.1 Å². The predicted molar refractivity (Wildman–Crippen MR) is 69.2 cm³/mol. The summed E-state index contributed by atoms with van der Waals surface area (Å²) in [6.45, 7) is 0.737. The zero-order valence-corrected chi connectivity index (χ0v) is 10.4. The molecular weight excluding hydrogens is 243 g/mol. The van der Waals surface area contributed by atoms with Crippen LogP contribution >= 0.6 is 23.2 Å². The van der Waals surface area contributed by atoms with E-state index >= 15 is 0 Å². The molecule has 0 saturated carbocycles. The Morgan fingerprint density at radius 2 is 2.06 bits per heavy atom. The monoisotopic (exact) mass is 254 g/mol. The maximum atomic E-state index is 6.04. The fraction of sp³-hybridized carbons (Fsp3) is 0.167. The summed E-state index contributed by atoms with van der Waals surface area (Å²) < 4.78 is 2.01. The SMILES string of the molecule is Cn1ccc(CNc2cc(Cl)ccc2Cl)c1. The number of rotatable bonds is 3. The highest BCUT2D eigenvalue weighted by Crippen LogP contribution is 2.25. The molecule has 2 aromatic rings. The van der Waals surface area contributed by atoms with Crippen LogP contribution < -0.4 is 5.32 Å². The van der Waals surface area contributed by atoms with Crippen molar-refractivity contribution in [2.45, 2.75) is 6.54 Å². The van der Waals surface area contributed by atoms with Crippen molar-refractivity contribution >= 4 is 28.9 Å². The summed E-state index contributed by atoms with van der Waals surface area (Å²) in [6.07, 6.45) is 4.07. The Balaban J connectivity index is 2.07. The third-order valence-electron chi connectivity index (χ3n) is 2.30. The van der Waals surface area contributed by atoms with E-state index in [-0.39, 0.29) is 0 Å². The van der Waals surface area contributed by atoms with Crippen molar-refractivity contribution in [2.75, 3.05) is 5.32 Å². The number of benzene rings is 1. The van der Waals surface area contributed by atoms with Crippen LogP contribution in [0, 0.1) is 0 Å². The molecule has 2 nitrogen and oxygen atoms in total. The zero-order chi connectivity index (χ0) is 11.5. The lowest BCUT2D eigenvalue weighted by Gasteiger charge is -2.07. The van der Waals surface area contributed by atoms with Gasteiger partial charge in [-0.05, 0) is 29.8 Å². The third kappa shape index (κ3) is 2.71. The van der Waals surface area contributed by atoms with Gasteiger partial charge in [-0.25, -0.2) is 0 Å². The number of hydrogen-bond donors (Lipinski definition) is 1. The second kappa shape index (κ2) is 4.81. The van der Waals surface area contributed by atoms with Gasteiger partial charge in [0.25, 0.3) is 0 Å². The molecule has 0 fully saturated rings. The highest BCUT2D eigenvalue weighted by molar-refractivity contribution is 6.35. The highest BCUT2D eigenvalue weighted by atomic mass is 35.5. The molecule has 0 aliphatic rings. The Labute approximate surface area is 105 Å². The third-order valence-corrected chi connectivity index (χ3v) is 2.87. The molecule has 16 heavy (non-hydrogen) atoms. The van der Waals surface area contributed by atoms with Crippen LogP contribution in [0.2, 0.25) is 10.0 Å². The predicted octanol–water partition coefficient (Wildman–Crippen LogP) is 3.94. The van der Waals surface area contributed by atoms with Gasteiger partial charge in [0.15, 0.2) is 0 Å². The molecule has 0 radical (unpaired) electrons. The summed E-state index contributed by atoms with van der Waals surface area (Å²) in [7, 11) is 2.00. The molecule has 0 aliphatic carbocycles. The first-order valence-electron chi connectivity index (χ1n) is 4.95. The van der Waals surface area contributed by atoms with E-state index in [0.717, 1.165) is 12.2 Å². The largest absolute Gasteiger partial charge is 0.380 e. The molecule has 0 bridgehead atoms. The van der Waals surface area contributed by atoms with Crippen molar-refractivity contribution in [3.05, 3.63) is 52.3 Å². The van der Waals surface area contributed by atoms with Crippen molar-refractivity contribution in [2.24, 2.45) is 7.05 Å². The summed E-state index contributed by atoms with van der Waals surface area (Å²) in [4.78, 5) is 0. The lowest BCUT2D eigenvalue weighted by Crippen LogP contribution is -1.98. The van der Waals surface area contributed by atoms with Crippen LogP contribution in [0.3, 0.4) is 0 Å². The van der Waals surface area contributed by atoms with Crippen LogP contribution in [-0.4, -0.2) is 4.57 Å². The van der Waals surface area contributed by atoms with Crippen LogP contribution in [0.4, 0.5) is 5.69 Å². The van der Waals surface area contributed by atoms with Crippen LogP contribution in [0.5, 0.6) is 0 Å². The Morgan fingerprint density at radius 3 is 2.75 bits per heavy atom. The average Bonchev–Trinajstić information content (AvgIpc) is 2.66. The molecule has 1 aromatic heterocycles. The first kappa shape index (κ1) is 11.4. The van der Waals surface area contributed by atoms with Gasteiger partial charge in [0.1, 0.15) is 0 Å². The van der Waals surface area contributed by atoms with E-state index in [1.165, 1.54) is 5.56 Å². The maximum Gasteiger partial charge on any atom is 0.0638 e. The van der Waals surface area contributed by atoms with Gasteiger partial charge in [0.05, 0.1) is 10.7 Å². The molecule has 0 spiro atoms. The van der Waals surface area contributed by atoms with Crippen LogP contribution in [0.15, 0.2) is 36.7 Å². The molecule has 1 N–H and O–H groups in total. The van der Waals surface area contributed by atoms with Crippen molar-refractivity contribution in [3.8, 4) is 0 Å². The molecule has 84 valence electrons. The molecule has 0 amide bonds. The van der Waals surface area contributed by atoms with E-state index < -0.39 is 0 Å². The van der Waals surface area contributed by atoms with Gasteiger partial charge in [0, 0.05) is 31.0 Å². The number of aryl methyl sites for hydroxylation is 1. The number of nitrogens with zero attached hydrogens (tertiary/aromatic N) is 1. The molecule has 0 atom stereocenters. The summed E-state index contributed by atoms with van der Waals surface area (Å²) in [5.41, 5.74) is 2.07. The van der Waals surface area contributed by atoms with Gasteiger partial charge in [-0.3, -0.25) is 0 Å². The molecule has 0 aliphatic heterocycles. The van der Waals surface area contributed by atoms with E-state index in [2.05, 4.69) is 17.6 Å². The summed E-state index contributed by atoms with van der Waals surface area (Å²) in [5.74, 6) is 0. The first-order valence-corrected chi connectivity index (χ1v) is 5.70. The van der Waals surface area contributed by atoms with E-state index in [4.69, 9.17) is 23.2 Å². The Morgan fingerprint density at radius 1 is 1.25 bits per heavy atom. The normalized spacial score (nSPS) is 10.4. The molecule has 1 aromatic carbocycles. The van der Waals surface area contributed by atoms with Crippen molar-refractivity contribution in [1.82, 2.24) is 4.57 Å². The van der Waals surface area contributed by atoms with Gasteiger partial charge in [-0.15, -0.1) is 0 Å². The number of aromatic nitrogens is 1. The van der Waals surface area contributed by atoms with Crippen LogP contribution in [0.1, 0.15) is 5.56 Å². The summed E-state index contributed by atoms with van der Waals surface area (Å²) in [6, 6.07) is 7.45. The minimum Gasteiger partial charge on any atom is -0.380 e. The van der Waals surface area contributed by atoms with E-state index in [9.17, 15) is 0 Å². The van der Waals surface area contributed by atoms with Gasteiger partial charge >= 0.3 is 0 Å². The second-order valence-electron chi connectivity index (χ2n) is 3.66. The van der Waals surface area contributed by atoms with Gasteiger partial charge in [-0.2, -0.15) is 0 Å². The number of anilines is 1. The molecular formula is C12H12Cl2N2. The molecule has 0 saturated heterocycles. The van der Waals surface area contributed by atoms with Crippen molar-refractivity contribution in [1.29, 1.82) is 0 Å². The van der Waals surface area contributed by atoms with Gasteiger partial charge in [-0.1, -0.05) is 23.2 Å². The smallest absolute Gasteiger partial charge is 0.0638 e. The Bertz CT molecular complexity index is 492. The van der Waals surface area contributed by atoms with E-state index in [0.29, 0.717) is 10.0 Å². The lowest BCUT2D eigenvalue weighted by atomic mass is 10.3. The highest BCUT2D eigenvalue weighted by Gasteiger charge is 2.01. The molecule has 4 heteroatoms. The molecule has 2 rings (SSSR count). The summed E-state index contributed by atoms with van der Waals surface area (Å²) >= 11 is 11.9. The van der Waals surface area contributed by atoms with Crippen LogP contribution in [-0.2, 0) is 13.6 Å². The first-order chi connectivity index (χ1) is 7.65. The quantitative estimate of drug-likeness (QED) is 0.878. The fourth-order valence-corrected chi connectivity index (χ4v) is 1.85. The van der Waals surface area contributed by atoms with Gasteiger partial charge in [0.2, 0.25) is 0 Å². The maximum absolute atomic E-state index is 6.04. The number of hydrogen-bond acceptors (Lipinski definition) is 1. The van der Waals surface area contributed by atoms with Crippen LogP contribution in [0.25, 0.3) is 0 Å². The minimum atomic E-state index is 0.681. The molecule has 1 heterocycles. The van der Waals surface area contributed by atoms with Crippen molar-refractivity contribution in [3.63, 3.8) is 0 Å². The number of halogens is 2. The topological polar surface area (TPSA) is 17.0 Å². The summed E-state index contributed by atoms with van der Waals surface area (Å²) in [5, 5.41) is 4.62. The standard InChI is InChI=1S/C12H12Cl2N2/c1-16-5-4-9(8-16)7-15-12-6-10(13)2-3-11(12)14/h2-6,8,15H,7H2,1H3. The van der Waals surface area contributed by atoms with Crippen molar-refractivity contribution < 1.29 is 0 Å². The van der Waals surface area contributed by atoms with E-state index in [1.807, 2.05) is 23.9 Å². The lowest BCUT2D eigenvalue weighted by molar-refractivity contribution is 0.920. The number of nitrogens with one attached hydrogen (secondary N) is 1. The zero-order valence-electron chi connectivity index (χ0n) is 8.87. The Kier molecular flexibility index (Phi) is 3.42. The van der Waals surface area contributed by atoms with Gasteiger partial charge < -0.3 is 9.88 Å².